The zero-order valence-corrected chi connectivity index (χ0v) is 17.5. The average molecular weight is 485 g/mol. The Hall–Kier alpha value is -0.700. The van der Waals surface area contributed by atoms with Gasteiger partial charge in [0.25, 0.3) is 0 Å². The molecule has 0 aliphatic rings. The second-order valence-corrected chi connectivity index (χ2v) is 9.47. The van der Waals surface area contributed by atoms with E-state index in [0.29, 0.717) is 5.56 Å². The van der Waals surface area contributed by atoms with Crippen molar-refractivity contribution in [3.8, 4) is 0 Å². The van der Waals surface area contributed by atoms with Gasteiger partial charge in [0.2, 0.25) is 0 Å². The molecular formula is C17H17BrCl2FNO3S. The highest BCUT2D eigenvalue weighted by molar-refractivity contribution is 9.10. The molecule has 0 bridgehead atoms. The first-order chi connectivity index (χ1) is 12.2. The van der Waals surface area contributed by atoms with Crippen molar-refractivity contribution >= 4 is 49.0 Å². The van der Waals surface area contributed by atoms with Crippen molar-refractivity contribution in [2.45, 2.75) is 11.4 Å². The second-order valence-electron chi connectivity index (χ2n) is 5.63. The minimum Gasteiger partial charge on any atom is -0.395 e. The van der Waals surface area contributed by atoms with Gasteiger partial charge in [0, 0.05) is 34.7 Å². The van der Waals surface area contributed by atoms with Crippen LogP contribution in [0.4, 0.5) is 4.39 Å². The third-order valence-electron chi connectivity index (χ3n) is 3.72. The number of aliphatic hydroxyl groups is 1. The van der Waals surface area contributed by atoms with E-state index in [1.807, 2.05) is 0 Å². The van der Waals surface area contributed by atoms with Gasteiger partial charge in [-0.25, -0.2) is 12.8 Å². The van der Waals surface area contributed by atoms with Gasteiger partial charge in [-0.15, -0.1) is 0 Å². The van der Waals surface area contributed by atoms with Crippen molar-refractivity contribution in [3.63, 3.8) is 0 Å². The van der Waals surface area contributed by atoms with Gasteiger partial charge in [0.15, 0.2) is 9.84 Å². The highest BCUT2D eigenvalue weighted by Crippen LogP contribution is 2.26. The Kier molecular flexibility index (Phi) is 7.88. The van der Waals surface area contributed by atoms with Crippen LogP contribution in [0.3, 0.4) is 0 Å². The zero-order chi connectivity index (χ0) is 19.3. The van der Waals surface area contributed by atoms with E-state index in [-0.39, 0.29) is 46.9 Å². The lowest BCUT2D eigenvalue weighted by Gasteiger charge is -2.22. The molecule has 26 heavy (non-hydrogen) atoms. The summed E-state index contributed by atoms with van der Waals surface area (Å²) in [6.45, 7) is 0.320. The molecule has 0 amide bonds. The first-order valence-corrected chi connectivity index (χ1v) is 10.9. The molecule has 0 heterocycles. The molecule has 0 atom stereocenters. The predicted molar refractivity (Wildman–Crippen MR) is 105 cm³/mol. The fourth-order valence-electron chi connectivity index (χ4n) is 2.39. The molecule has 0 saturated heterocycles. The molecule has 2 rings (SSSR count). The molecule has 142 valence electrons. The Morgan fingerprint density at radius 1 is 1.12 bits per heavy atom. The van der Waals surface area contributed by atoms with E-state index in [2.05, 4.69) is 15.9 Å². The summed E-state index contributed by atoms with van der Waals surface area (Å²) < 4.78 is 39.8. The molecule has 0 fully saturated rings. The van der Waals surface area contributed by atoms with Crippen LogP contribution in [0.15, 0.2) is 45.8 Å². The number of halogens is 4. The Morgan fingerprint density at radius 3 is 2.54 bits per heavy atom. The van der Waals surface area contributed by atoms with Crippen molar-refractivity contribution in [1.29, 1.82) is 0 Å². The van der Waals surface area contributed by atoms with E-state index in [1.165, 1.54) is 24.3 Å². The number of rotatable bonds is 8. The SMILES string of the molecule is O=S(=O)(CCN(CCO)Cc1cc(Br)ccc1F)c1cc(Cl)ccc1Cl. The van der Waals surface area contributed by atoms with Crippen LogP contribution in [-0.4, -0.2) is 43.9 Å². The van der Waals surface area contributed by atoms with Crippen molar-refractivity contribution in [1.82, 2.24) is 4.90 Å². The van der Waals surface area contributed by atoms with Crippen LogP contribution in [0.25, 0.3) is 0 Å². The van der Waals surface area contributed by atoms with Crippen LogP contribution in [0.1, 0.15) is 5.56 Å². The van der Waals surface area contributed by atoms with Gasteiger partial charge < -0.3 is 5.11 Å². The lowest BCUT2D eigenvalue weighted by atomic mass is 10.2. The fourth-order valence-corrected chi connectivity index (χ4v) is 4.90. The molecule has 0 aromatic heterocycles. The Morgan fingerprint density at radius 2 is 1.85 bits per heavy atom. The molecule has 2 aromatic rings. The standard InChI is InChI=1S/C17H17BrCl2FNO3S/c18-13-1-4-16(21)12(9-13)11-22(5-7-23)6-8-26(24,25)17-10-14(19)2-3-15(17)20/h1-4,9-10,23H,5-8,11H2. The maximum Gasteiger partial charge on any atom is 0.181 e. The van der Waals surface area contributed by atoms with Crippen LogP contribution in [-0.2, 0) is 16.4 Å². The molecule has 0 aliphatic carbocycles. The van der Waals surface area contributed by atoms with Gasteiger partial charge >= 0.3 is 0 Å². The lowest BCUT2D eigenvalue weighted by molar-refractivity contribution is 0.196. The molecule has 0 aliphatic heterocycles. The minimum atomic E-state index is -3.68. The van der Waals surface area contributed by atoms with Gasteiger partial charge in [-0.05, 0) is 36.4 Å². The number of nitrogens with zero attached hydrogens (tertiary/aromatic N) is 1. The monoisotopic (exact) mass is 483 g/mol. The molecular weight excluding hydrogens is 468 g/mol. The van der Waals surface area contributed by atoms with Crippen molar-refractivity contribution in [2.24, 2.45) is 0 Å². The molecule has 0 unspecified atom stereocenters. The van der Waals surface area contributed by atoms with E-state index in [9.17, 15) is 17.9 Å². The average Bonchev–Trinajstić information content (AvgIpc) is 2.58. The Labute approximate surface area is 170 Å². The van der Waals surface area contributed by atoms with E-state index in [4.69, 9.17) is 23.2 Å². The number of aliphatic hydroxyl groups excluding tert-OH is 1. The van der Waals surface area contributed by atoms with Gasteiger partial charge in [-0.3, -0.25) is 4.90 Å². The summed E-state index contributed by atoms with van der Waals surface area (Å²) in [6.07, 6.45) is 0. The third kappa shape index (κ3) is 5.90. The number of hydrogen-bond donors (Lipinski definition) is 1. The molecule has 1 N–H and O–H groups in total. The molecule has 2 aromatic carbocycles. The minimum absolute atomic E-state index is 0.0377. The molecule has 4 nitrogen and oxygen atoms in total. The Balaban J connectivity index is 2.14. The van der Waals surface area contributed by atoms with Gasteiger partial charge in [0.1, 0.15) is 5.82 Å². The van der Waals surface area contributed by atoms with E-state index < -0.39 is 15.7 Å². The predicted octanol–water partition coefficient (Wildman–Crippen LogP) is 4.16. The van der Waals surface area contributed by atoms with Crippen LogP contribution in [0.5, 0.6) is 0 Å². The summed E-state index contributed by atoms with van der Waals surface area (Å²) in [7, 11) is -3.68. The largest absolute Gasteiger partial charge is 0.395 e. The number of sulfone groups is 1. The van der Waals surface area contributed by atoms with Gasteiger partial charge in [0.05, 0.1) is 22.3 Å². The van der Waals surface area contributed by atoms with Crippen molar-refractivity contribution in [3.05, 3.63) is 62.3 Å². The van der Waals surface area contributed by atoms with Crippen LogP contribution in [0.2, 0.25) is 10.0 Å². The highest BCUT2D eigenvalue weighted by Gasteiger charge is 2.20. The third-order valence-corrected chi connectivity index (χ3v) is 6.62. The molecule has 0 saturated carbocycles. The molecule has 9 heteroatoms. The lowest BCUT2D eigenvalue weighted by Crippen LogP contribution is -2.32. The summed E-state index contributed by atoms with van der Waals surface area (Å²) in [5.74, 6) is -0.625. The maximum absolute atomic E-state index is 13.9. The molecule has 0 spiro atoms. The van der Waals surface area contributed by atoms with Crippen LogP contribution in [0, 0.1) is 5.82 Å². The summed E-state index contributed by atoms with van der Waals surface area (Å²) in [5, 5.41) is 9.61. The zero-order valence-electron chi connectivity index (χ0n) is 13.6. The topological polar surface area (TPSA) is 57.6 Å². The smallest absolute Gasteiger partial charge is 0.181 e. The number of hydrogen-bond acceptors (Lipinski definition) is 4. The summed E-state index contributed by atoms with van der Waals surface area (Å²) in [6, 6.07) is 8.79. The Bertz CT molecular complexity index is 880. The second kappa shape index (κ2) is 9.48. The first-order valence-electron chi connectivity index (χ1n) is 7.68. The van der Waals surface area contributed by atoms with Crippen molar-refractivity contribution < 1.29 is 17.9 Å². The number of benzene rings is 2. The summed E-state index contributed by atoms with van der Waals surface area (Å²) in [5.41, 5.74) is 0.408. The highest BCUT2D eigenvalue weighted by atomic mass is 79.9. The normalized spacial score (nSPS) is 11.9. The first kappa shape index (κ1) is 21.6. The van der Waals surface area contributed by atoms with Crippen LogP contribution < -0.4 is 0 Å². The van der Waals surface area contributed by atoms with Crippen LogP contribution >= 0.6 is 39.1 Å². The maximum atomic E-state index is 13.9. The van der Waals surface area contributed by atoms with E-state index in [0.717, 1.165) is 4.47 Å². The van der Waals surface area contributed by atoms with Gasteiger partial charge in [-0.1, -0.05) is 39.1 Å². The summed E-state index contributed by atoms with van der Waals surface area (Å²) in [4.78, 5) is 1.63. The van der Waals surface area contributed by atoms with Crippen molar-refractivity contribution in [2.75, 3.05) is 25.4 Å². The quantitative estimate of drug-likeness (QED) is 0.611. The van der Waals surface area contributed by atoms with E-state index >= 15 is 0 Å². The van der Waals surface area contributed by atoms with E-state index in [1.54, 1.807) is 17.0 Å². The van der Waals surface area contributed by atoms with Gasteiger partial charge in [-0.2, -0.15) is 0 Å². The molecule has 0 radical (unpaired) electrons. The fraction of sp³-hybridized carbons (Fsp3) is 0.294. The summed E-state index contributed by atoms with van der Waals surface area (Å²) >= 11 is 15.1.